The molecule has 0 aliphatic rings. The number of alkyl halides is 1. The van der Waals surface area contributed by atoms with Gasteiger partial charge in [-0.2, -0.15) is 0 Å². The summed E-state index contributed by atoms with van der Waals surface area (Å²) in [5.74, 6) is 0. The van der Waals surface area contributed by atoms with Crippen molar-refractivity contribution in [3.63, 3.8) is 0 Å². The lowest BCUT2D eigenvalue weighted by atomic mass is 10.1. The van der Waals surface area contributed by atoms with Gasteiger partial charge in [-0.3, -0.25) is 0 Å². The summed E-state index contributed by atoms with van der Waals surface area (Å²) in [5, 5.41) is 0.899. The largest absolute Gasteiger partial charge is 0.369 e. The molecule has 1 nitrogen and oxygen atoms in total. The second kappa shape index (κ2) is 7.46. The highest BCUT2D eigenvalue weighted by Gasteiger charge is 2.09. The second-order valence-corrected chi connectivity index (χ2v) is 5.13. The number of hydrogen-bond donors (Lipinski definition) is 0. The first kappa shape index (κ1) is 14.3. The fraction of sp³-hybridized carbons (Fsp3) is 0.294. The highest BCUT2D eigenvalue weighted by Crippen LogP contribution is 2.22. The predicted molar refractivity (Wildman–Crippen MR) is 83.3 cm³/mol. The van der Waals surface area contributed by atoms with Crippen LogP contribution in [0.5, 0.6) is 0 Å². The molecule has 0 aliphatic carbocycles. The molecule has 0 heterocycles. The lowest BCUT2D eigenvalue weighted by molar-refractivity contribution is 0.0371. The number of halogens is 1. The van der Waals surface area contributed by atoms with E-state index < -0.39 is 0 Å². The molecule has 0 spiro atoms. The minimum atomic E-state index is 0.178. The van der Waals surface area contributed by atoms with Crippen molar-refractivity contribution in [1.29, 1.82) is 0 Å². The van der Waals surface area contributed by atoms with Gasteiger partial charge in [0.15, 0.2) is 0 Å². The normalized spacial score (nSPS) is 12.3. The van der Waals surface area contributed by atoms with Crippen LogP contribution in [-0.2, 0) is 16.7 Å². The van der Waals surface area contributed by atoms with Crippen molar-refractivity contribution in [1.82, 2.24) is 0 Å². The van der Waals surface area contributed by atoms with Gasteiger partial charge in [0.2, 0.25) is 0 Å². The van der Waals surface area contributed by atoms with E-state index in [2.05, 4.69) is 71.4 Å². The molecule has 0 bridgehead atoms. The van der Waals surface area contributed by atoms with E-state index in [-0.39, 0.29) is 6.10 Å². The van der Waals surface area contributed by atoms with Gasteiger partial charge in [0.05, 0.1) is 12.7 Å². The molecule has 2 heteroatoms. The average Bonchev–Trinajstić information content (AvgIpc) is 2.49. The molecular weight excluding hydrogens is 300 g/mol. The summed E-state index contributed by atoms with van der Waals surface area (Å²) in [4.78, 5) is 0. The Bertz CT molecular complexity index is 478. The van der Waals surface area contributed by atoms with Crippen molar-refractivity contribution in [3.8, 4) is 0 Å². The van der Waals surface area contributed by atoms with Crippen LogP contribution < -0.4 is 0 Å². The summed E-state index contributed by atoms with van der Waals surface area (Å²) in [7, 11) is 0. The van der Waals surface area contributed by atoms with Gasteiger partial charge in [-0.15, -0.1) is 0 Å². The van der Waals surface area contributed by atoms with Crippen molar-refractivity contribution < 1.29 is 4.74 Å². The van der Waals surface area contributed by atoms with Crippen LogP contribution >= 0.6 is 15.9 Å². The Kier molecular flexibility index (Phi) is 5.62. The van der Waals surface area contributed by atoms with Crippen molar-refractivity contribution >= 4 is 15.9 Å². The lowest BCUT2D eigenvalue weighted by Crippen LogP contribution is -2.03. The smallest absolute Gasteiger partial charge is 0.0826 e. The van der Waals surface area contributed by atoms with Crippen molar-refractivity contribution in [2.24, 2.45) is 0 Å². The van der Waals surface area contributed by atoms with Gasteiger partial charge in [-0.05, 0) is 23.1 Å². The highest BCUT2D eigenvalue weighted by molar-refractivity contribution is 9.08. The summed E-state index contributed by atoms with van der Waals surface area (Å²) in [5.41, 5.74) is 3.76. The van der Waals surface area contributed by atoms with Crippen LogP contribution in [0.4, 0.5) is 0 Å². The minimum Gasteiger partial charge on any atom is -0.369 e. The summed E-state index contributed by atoms with van der Waals surface area (Å²) in [6.45, 7) is 2.82. The van der Waals surface area contributed by atoms with Crippen LogP contribution in [0.2, 0.25) is 0 Å². The van der Waals surface area contributed by atoms with E-state index in [0.29, 0.717) is 6.61 Å². The van der Waals surface area contributed by atoms with Crippen LogP contribution in [0.25, 0.3) is 0 Å². The third kappa shape index (κ3) is 4.19. The number of rotatable bonds is 6. The molecule has 0 fully saturated rings. The van der Waals surface area contributed by atoms with Gasteiger partial charge in [0.1, 0.15) is 0 Å². The zero-order valence-corrected chi connectivity index (χ0v) is 12.8. The number of ether oxygens (including phenoxy) is 1. The van der Waals surface area contributed by atoms with Gasteiger partial charge in [-0.25, -0.2) is 0 Å². The monoisotopic (exact) mass is 318 g/mol. The fourth-order valence-electron chi connectivity index (χ4n) is 2.04. The van der Waals surface area contributed by atoms with Crippen molar-refractivity contribution in [2.45, 2.75) is 31.4 Å². The molecule has 0 saturated heterocycles. The molecule has 0 radical (unpaired) electrons. The van der Waals surface area contributed by atoms with E-state index in [1.165, 1.54) is 16.7 Å². The summed E-state index contributed by atoms with van der Waals surface area (Å²) in [6.07, 6.45) is 1.17. The average molecular weight is 319 g/mol. The first-order valence-electron chi connectivity index (χ1n) is 6.63. The van der Waals surface area contributed by atoms with E-state index in [0.717, 1.165) is 11.8 Å². The molecule has 100 valence electrons. The Labute approximate surface area is 123 Å². The van der Waals surface area contributed by atoms with E-state index in [4.69, 9.17) is 4.74 Å². The third-order valence-corrected chi connectivity index (χ3v) is 3.82. The molecule has 2 rings (SSSR count). The fourth-order valence-corrected chi connectivity index (χ4v) is 2.41. The molecule has 0 saturated carbocycles. The number of hydrogen-bond acceptors (Lipinski definition) is 1. The molecule has 1 atom stereocenters. The maximum Gasteiger partial charge on any atom is 0.0826 e. The van der Waals surface area contributed by atoms with Crippen molar-refractivity contribution in [2.75, 3.05) is 0 Å². The molecule has 0 amide bonds. The first-order valence-corrected chi connectivity index (χ1v) is 7.76. The predicted octanol–water partition coefficient (Wildman–Crippen LogP) is 5.25. The van der Waals surface area contributed by atoms with Gasteiger partial charge >= 0.3 is 0 Å². The molecule has 2 aromatic rings. The molecule has 2 aromatic carbocycles. The third-order valence-electron chi connectivity index (χ3n) is 3.17. The van der Waals surface area contributed by atoms with Gasteiger partial charge < -0.3 is 4.74 Å². The van der Waals surface area contributed by atoms with Crippen LogP contribution in [0.15, 0.2) is 54.6 Å². The molecule has 1 unspecified atom stereocenters. The quantitative estimate of drug-likeness (QED) is 0.661. The minimum absolute atomic E-state index is 0.178. The Morgan fingerprint density at radius 3 is 2.16 bits per heavy atom. The van der Waals surface area contributed by atoms with Crippen LogP contribution in [0.3, 0.4) is 0 Å². The van der Waals surface area contributed by atoms with Crippen LogP contribution in [-0.4, -0.2) is 0 Å². The van der Waals surface area contributed by atoms with E-state index >= 15 is 0 Å². The SMILES string of the molecule is CCC(OCc1ccc(CBr)cc1)c1ccccc1. The topological polar surface area (TPSA) is 9.23 Å². The number of benzene rings is 2. The maximum atomic E-state index is 6.03. The van der Waals surface area contributed by atoms with Gasteiger partial charge in [0.25, 0.3) is 0 Å². The molecular formula is C17H19BrO. The first-order chi connectivity index (χ1) is 9.33. The van der Waals surface area contributed by atoms with E-state index in [1.54, 1.807) is 0 Å². The Balaban J connectivity index is 1.96. The maximum absolute atomic E-state index is 6.03. The van der Waals surface area contributed by atoms with E-state index in [1.807, 2.05) is 6.07 Å². The summed E-state index contributed by atoms with van der Waals surface area (Å²) < 4.78 is 6.03. The van der Waals surface area contributed by atoms with Crippen LogP contribution in [0.1, 0.15) is 36.1 Å². The molecule has 0 N–H and O–H groups in total. The van der Waals surface area contributed by atoms with Gasteiger partial charge in [0, 0.05) is 5.33 Å². The second-order valence-electron chi connectivity index (χ2n) is 4.57. The Morgan fingerprint density at radius 1 is 0.947 bits per heavy atom. The Hall–Kier alpha value is -1.12. The van der Waals surface area contributed by atoms with Crippen molar-refractivity contribution in [3.05, 3.63) is 71.3 Å². The molecule has 19 heavy (non-hydrogen) atoms. The molecule has 0 aliphatic heterocycles. The highest BCUT2D eigenvalue weighted by atomic mass is 79.9. The summed E-state index contributed by atoms with van der Waals surface area (Å²) in [6, 6.07) is 19.0. The lowest BCUT2D eigenvalue weighted by Gasteiger charge is -2.16. The zero-order chi connectivity index (χ0) is 13.5. The zero-order valence-electron chi connectivity index (χ0n) is 11.2. The van der Waals surface area contributed by atoms with Crippen LogP contribution in [0, 0.1) is 0 Å². The molecule has 0 aromatic heterocycles. The standard InChI is InChI=1S/C17H19BrO/c1-2-17(16-6-4-3-5-7-16)19-13-15-10-8-14(12-18)9-11-15/h3-11,17H,2,12-13H2,1H3. The van der Waals surface area contributed by atoms with E-state index in [9.17, 15) is 0 Å². The Morgan fingerprint density at radius 2 is 1.58 bits per heavy atom. The van der Waals surface area contributed by atoms with Gasteiger partial charge in [-0.1, -0.05) is 77.5 Å². The summed E-state index contributed by atoms with van der Waals surface area (Å²) >= 11 is 3.45.